The highest BCUT2D eigenvalue weighted by molar-refractivity contribution is 6.31. The third-order valence-electron chi connectivity index (χ3n) is 5.82. The summed E-state index contributed by atoms with van der Waals surface area (Å²) in [5.41, 5.74) is 3.24. The quantitative estimate of drug-likeness (QED) is 0.492. The van der Waals surface area contributed by atoms with Gasteiger partial charge in [-0.2, -0.15) is 0 Å². The van der Waals surface area contributed by atoms with Gasteiger partial charge in [-0.25, -0.2) is 0 Å². The molecule has 1 N–H and O–H groups in total. The first kappa shape index (κ1) is 23.1. The standard InChI is InChI=1S/C26H29ClN4O2/c1-18-16-22(10-11-23(18)27)33-19(2)26(32)28-21-9-7-8-20(17-21)24-12-13-25(30-29-24)31-14-5-3-4-6-15-31/h7-13,16-17,19H,3-6,14-15H2,1-2H3,(H,28,32). The van der Waals surface area contributed by atoms with E-state index in [4.69, 9.17) is 16.3 Å². The number of aromatic nitrogens is 2. The summed E-state index contributed by atoms with van der Waals surface area (Å²) < 4.78 is 5.78. The minimum absolute atomic E-state index is 0.234. The predicted octanol–water partition coefficient (Wildman–Crippen LogP) is 5.89. The Hall–Kier alpha value is -3.12. The van der Waals surface area contributed by atoms with Crippen molar-refractivity contribution in [3.8, 4) is 17.0 Å². The first-order valence-electron chi connectivity index (χ1n) is 11.4. The molecular formula is C26H29ClN4O2. The van der Waals surface area contributed by atoms with E-state index in [0.717, 1.165) is 35.7 Å². The van der Waals surface area contributed by atoms with Crippen LogP contribution in [-0.4, -0.2) is 35.3 Å². The molecule has 1 unspecified atom stereocenters. The van der Waals surface area contributed by atoms with Gasteiger partial charge in [0.15, 0.2) is 11.9 Å². The molecule has 7 heteroatoms. The fourth-order valence-corrected chi connectivity index (χ4v) is 4.01. The zero-order valence-corrected chi connectivity index (χ0v) is 19.8. The third kappa shape index (κ3) is 6.02. The fourth-order valence-electron chi connectivity index (χ4n) is 3.90. The largest absolute Gasteiger partial charge is 0.481 e. The van der Waals surface area contributed by atoms with Crippen LogP contribution in [0.15, 0.2) is 54.6 Å². The molecule has 2 aromatic carbocycles. The number of hydrogen-bond acceptors (Lipinski definition) is 5. The minimum Gasteiger partial charge on any atom is -0.481 e. The molecule has 0 spiro atoms. The number of nitrogens with zero attached hydrogens (tertiary/aromatic N) is 3. The summed E-state index contributed by atoms with van der Waals surface area (Å²) in [6.07, 6.45) is 4.30. The van der Waals surface area contributed by atoms with Gasteiger partial charge in [-0.05, 0) is 74.7 Å². The number of halogens is 1. The molecule has 0 saturated carbocycles. The van der Waals surface area contributed by atoms with Gasteiger partial charge in [0.25, 0.3) is 5.91 Å². The highest BCUT2D eigenvalue weighted by atomic mass is 35.5. The maximum absolute atomic E-state index is 12.7. The molecule has 1 amide bonds. The average molecular weight is 465 g/mol. The molecule has 6 nitrogen and oxygen atoms in total. The highest BCUT2D eigenvalue weighted by Crippen LogP contribution is 2.24. The van der Waals surface area contributed by atoms with Gasteiger partial charge in [-0.1, -0.05) is 36.6 Å². The van der Waals surface area contributed by atoms with Gasteiger partial charge in [0.2, 0.25) is 0 Å². The Bertz CT molecular complexity index is 1100. The predicted molar refractivity (Wildman–Crippen MR) is 133 cm³/mol. The van der Waals surface area contributed by atoms with Crippen molar-refractivity contribution in [2.75, 3.05) is 23.3 Å². The van der Waals surface area contributed by atoms with E-state index in [1.54, 1.807) is 19.1 Å². The van der Waals surface area contributed by atoms with Crippen molar-refractivity contribution in [2.24, 2.45) is 0 Å². The van der Waals surface area contributed by atoms with E-state index in [0.29, 0.717) is 16.5 Å². The summed E-state index contributed by atoms with van der Waals surface area (Å²) in [4.78, 5) is 15.0. The van der Waals surface area contributed by atoms with Gasteiger partial charge < -0.3 is 15.0 Å². The van der Waals surface area contributed by atoms with Crippen LogP contribution in [0, 0.1) is 6.92 Å². The summed E-state index contributed by atoms with van der Waals surface area (Å²) in [7, 11) is 0. The zero-order chi connectivity index (χ0) is 23.2. The van der Waals surface area contributed by atoms with Crippen molar-refractivity contribution in [3.05, 3.63) is 65.2 Å². The van der Waals surface area contributed by atoms with Crippen molar-refractivity contribution in [2.45, 2.75) is 45.6 Å². The smallest absolute Gasteiger partial charge is 0.265 e. The summed E-state index contributed by atoms with van der Waals surface area (Å²) in [5.74, 6) is 1.30. The Morgan fingerprint density at radius 2 is 1.82 bits per heavy atom. The molecule has 1 atom stereocenters. The van der Waals surface area contributed by atoms with Crippen LogP contribution in [0.4, 0.5) is 11.5 Å². The Morgan fingerprint density at radius 3 is 2.52 bits per heavy atom. The van der Waals surface area contributed by atoms with Crippen LogP contribution in [0.3, 0.4) is 0 Å². The highest BCUT2D eigenvalue weighted by Gasteiger charge is 2.16. The van der Waals surface area contributed by atoms with Gasteiger partial charge in [0, 0.05) is 29.4 Å². The molecule has 1 fully saturated rings. The molecule has 172 valence electrons. The second-order valence-corrected chi connectivity index (χ2v) is 8.83. The number of benzene rings is 2. The number of hydrogen-bond donors (Lipinski definition) is 1. The number of nitrogens with one attached hydrogen (secondary N) is 1. The van der Waals surface area contributed by atoms with E-state index in [1.165, 1.54) is 25.7 Å². The zero-order valence-electron chi connectivity index (χ0n) is 19.1. The van der Waals surface area contributed by atoms with Gasteiger partial charge in [-0.3, -0.25) is 4.79 Å². The molecule has 0 bridgehead atoms. The third-order valence-corrected chi connectivity index (χ3v) is 6.24. The van der Waals surface area contributed by atoms with E-state index < -0.39 is 6.10 Å². The Labute approximate surface area is 199 Å². The van der Waals surface area contributed by atoms with Gasteiger partial charge >= 0.3 is 0 Å². The molecule has 1 aliphatic rings. The lowest BCUT2D eigenvalue weighted by molar-refractivity contribution is -0.122. The van der Waals surface area contributed by atoms with E-state index in [9.17, 15) is 4.79 Å². The maximum Gasteiger partial charge on any atom is 0.265 e. The van der Waals surface area contributed by atoms with Gasteiger partial charge in [-0.15, -0.1) is 10.2 Å². The molecule has 1 aliphatic heterocycles. The van der Waals surface area contributed by atoms with Crippen LogP contribution in [0.25, 0.3) is 11.3 Å². The Balaban J connectivity index is 1.40. The monoisotopic (exact) mass is 464 g/mol. The van der Waals surface area contributed by atoms with Crippen molar-refractivity contribution < 1.29 is 9.53 Å². The summed E-state index contributed by atoms with van der Waals surface area (Å²) in [6.45, 7) is 5.68. The number of carbonyl (C=O) groups excluding carboxylic acids is 1. The topological polar surface area (TPSA) is 67.3 Å². The lowest BCUT2D eigenvalue weighted by Crippen LogP contribution is -2.30. The number of amides is 1. The van der Waals surface area contributed by atoms with Crippen LogP contribution in [0.2, 0.25) is 5.02 Å². The van der Waals surface area contributed by atoms with Crippen molar-refractivity contribution in [1.29, 1.82) is 0 Å². The van der Waals surface area contributed by atoms with Crippen LogP contribution in [-0.2, 0) is 4.79 Å². The molecule has 0 aliphatic carbocycles. The van der Waals surface area contributed by atoms with Crippen molar-refractivity contribution >= 4 is 29.0 Å². The second kappa shape index (κ2) is 10.7. The van der Waals surface area contributed by atoms with Crippen LogP contribution < -0.4 is 15.0 Å². The average Bonchev–Trinajstić information content (AvgIpc) is 3.11. The summed E-state index contributed by atoms with van der Waals surface area (Å²) >= 11 is 6.06. The lowest BCUT2D eigenvalue weighted by atomic mass is 10.1. The van der Waals surface area contributed by atoms with Crippen LogP contribution >= 0.6 is 11.6 Å². The number of anilines is 2. The first-order chi connectivity index (χ1) is 16.0. The number of aryl methyl sites for hydroxylation is 1. The molecular weight excluding hydrogens is 436 g/mol. The second-order valence-electron chi connectivity index (χ2n) is 8.42. The number of ether oxygens (including phenoxy) is 1. The first-order valence-corrected chi connectivity index (χ1v) is 11.8. The summed E-state index contributed by atoms with van der Waals surface area (Å²) in [6, 6.07) is 17.0. The minimum atomic E-state index is -0.665. The van der Waals surface area contributed by atoms with Crippen LogP contribution in [0.1, 0.15) is 38.2 Å². The Morgan fingerprint density at radius 1 is 1.03 bits per heavy atom. The van der Waals surface area contributed by atoms with Crippen molar-refractivity contribution in [1.82, 2.24) is 10.2 Å². The summed E-state index contributed by atoms with van der Waals surface area (Å²) in [5, 5.41) is 12.5. The molecule has 0 radical (unpaired) electrons. The van der Waals surface area contributed by atoms with E-state index in [-0.39, 0.29) is 5.91 Å². The molecule has 2 heterocycles. The SMILES string of the molecule is Cc1cc(OC(C)C(=O)Nc2cccc(-c3ccc(N4CCCCCC4)nn3)c2)ccc1Cl. The molecule has 33 heavy (non-hydrogen) atoms. The number of rotatable bonds is 6. The van der Waals surface area contributed by atoms with Gasteiger partial charge in [0.1, 0.15) is 5.75 Å². The van der Waals surface area contributed by atoms with Gasteiger partial charge in [0.05, 0.1) is 5.69 Å². The number of carbonyl (C=O) groups is 1. The Kier molecular flexibility index (Phi) is 7.45. The van der Waals surface area contributed by atoms with E-state index >= 15 is 0 Å². The van der Waals surface area contributed by atoms with Crippen LogP contribution in [0.5, 0.6) is 5.75 Å². The maximum atomic E-state index is 12.7. The molecule has 1 aromatic heterocycles. The molecule has 3 aromatic rings. The van der Waals surface area contributed by atoms with E-state index in [1.807, 2.05) is 49.4 Å². The molecule has 4 rings (SSSR count). The molecule has 1 saturated heterocycles. The van der Waals surface area contributed by atoms with E-state index in [2.05, 4.69) is 20.4 Å². The fraction of sp³-hybridized carbons (Fsp3) is 0.346. The van der Waals surface area contributed by atoms with Crippen molar-refractivity contribution in [3.63, 3.8) is 0 Å². The lowest BCUT2D eigenvalue weighted by Gasteiger charge is -2.20. The normalized spacial score (nSPS) is 14.9.